The minimum atomic E-state index is -0.356. The largest absolute Gasteiger partial charge is 0.497 e. The highest BCUT2D eigenvalue weighted by atomic mass is 16.5. The molecule has 0 saturated carbocycles. The molecule has 0 spiro atoms. The van der Waals surface area contributed by atoms with Crippen molar-refractivity contribution in [2.75, 3.05) is 20.3 Å². The maximum absolute atomic E-state index is 12.2. The summed E-state index contributed by atoms with van der Waals surface area (Å²) in [6.45, 7) is 4.17. The van der Waals surface area contributed by atoms with Crippen molar-refractivity contribution in [3.63, 3.8) is 0 Å². The molecule has 0 aliphatic carbocycles. The van der Waals surface area contributed by atoms with E-state index in [0.29, 0.717) is 18.9 Å². The van der Waals surface area contributed by atoms with Crippen LogP contribution < -0.4 is 20.1 Å². The molecule has 2 aromatic rings. The molecule has 6 nitrogen and oxygen atoms in total. The van der Waals surface area contributed by atoms with Crippen LogP contribution >= 0.6 is 0 Å². The van der Waals surface area contributed by atoms with E-state index < -0.39 is 0 Å². The molecule has 0 aliphatic heterocycles. The molecule has 1 unspecified atom stereocenters. The zero-order chi connectivity index (χ0) is 19.6. The topological polar surface area (TPSA) is 76.7 Å². The van der Waals surface area contributed by atoms with E-state index in [1.165, 1.54) is 6.92 Å². The molecule has 2 rings (SSSR count). The minimum Gasteiger partial charge on any atom is -0.497 e. The lowest BCUT2D eigenvalue weighted by molar-refractivity contribution is -0.122. The Hall–Kier alpha value is -3.02. The molecule has 0 fully saturated rings. The van der Waals surface area contributed by atoms with Crippen LogP contribution in [0.25, 0.3) is 0 Å². The fourth-order valence-electron chi connectivity index (χ4n) is 2.59. The fourth-order valence-corrected chi connectivity index (χ4v) is 2.59. The van der Waals surface area contributed by atoms with Gasteiger partial charge in [0.15, 0.2) is 0 Å². The molecule has 0 aromatic heterocycles. The second-order valence-corrected chi connectivity index (χ2v) is 6.24. The molecule has 2 amide bonds. The van der Waals surface area contributed by atoms with E-state index in [2.05, 4.69) is 10.6 Å². The molecule has 0 bridgehead atoms. The number of methoxy groups -OCH3 is 1. The molecular weight excluding hydrogens is 344 g/mol. The molecule has 27 heavy (non-hydrogen) atoms. The summed E-state index contributed by atoms with van der Waals surface area (Å²) in [5.41, 5.74) is 2.03. The molecule has 6 heteroatoms. The van der Waals surface area contributed by atoms with E-state index >= 15 is 0 Å². The molecule has 2 N–H and O–H groups in total. The van der Waals surface area contributed by atoms with Crippen LogP contribution in [0.5, 0.6) is 11.5 Å². The molecular formula is C21H26N2O4. The Labute approximate surface area is 159 Å². The first-order chi connectivity index (χ1) is 13.0. The Morgan fingerprint density at radius 1 is 1.00 bits per heavy atom. The lowest BCUT2D eigenvalue weighted by atomic mass is 10.0. The third kappa shape index (κ3) is 7.01. The third-order valence-electron chi connectivity index (χ3n) is 4.00. The van der Waals surface area contributed by atoms with Gasteiger partial charge in [-0.1, -0.05) is 29.8 Å². The molecule has 0 heterocycles. The molecule has 1 atom stereocenters. The van der Waals surface area contributed by atoms with Crippen molar-refractivity contribution in [3.05, 3.63) is 59.7 Å². The van der Waals surface area contributed by atoms with Crippen LogP contribution in [-0.2, 0) is 9.59 Å². The van der Waals surface area contributed by atoms with E-state index in [1.807, 2.05) is 55.5 Å². The van der Waals surface area contributed by atoms with Crippen LogP contribution in [0.15, 0.2) is 48.5 Å². The van der Waals surface area contributed by atoms with Gasteiger partial charge < -0.3 is 20.1 Å². The van der Waals surface area contributed by atoms with Crippen molar-refractivity contribution >= 4 is 11.8 Å². The summed E-state index contributed by atoms with van der Waals surface area (Å²) in [5, 5.41) is 5.65. The van der Waals surface area contributed by atoms with E-state index in [-0.39, 0.29) is 24.3 Å². The average Bonchev–Trinajstić information content (AvgIpc) is 2.65. The van der Waals surface area contributed by atoms with Gasteiger partial charge in [0.1, 0.15) is 18.1 Å². The van der Waals surface area contributed by atoms with Gasteiger partial charge in [0.2, 0.25) is 11.8 Å². The lowest BCUT2D eigenvalue weighted by Crippen LogP contribution is -2.34. The molecule has 2 aromatic carbocycles. The SMILES string of the molecule is COc1ccc(OCCNC(=O)CC(NC(C)=O)c2ccc(C)cc2)cc1. The monoisotopic (exact) mass is 370 g/mol. The van der Waals surface area contributed by atoms with E-state index in [4.69, 9.17) is 9.47 Å². The number of ether oxygens (including phenoxy) is 2. The quantitative estimate of drug-likeness (QED) is 0.666. The van der Waals surface area contributed by atoms with Gasteiger partial charge in [-0.05, 0) is 36.8 Å². The highest BCUT2D eigenvalue weighted by Crippen LogP contribution is 2.18. The van der Waals surface area contributed by atoms with Gasteiger partial charge >= 0.3 is 0 Å². The van der Waals surface area contributed by atoms with Crippen LogP contribution in [0.3, 0.4) is 0 Å². The normalized spacial score (nSPS) is 11.4. The molecule has 0 radical (unpaired) electrons. The van der Waals surface area contributed by atoms with Gasteiger partial charge in [-0.2, -0.15) is 0 Å². The first-order valence-electron chi connectivity index (χ1n) is 8.85. The fraction of sp³-hybridized carbons (Fsp3) is 0.333. The van der Waals surface area contributed by atoms with Gasteiger partial charge in [0, 0.05) is 6.92 Å². The number of amides is 2. The van der Waals surface area contributed by atoms with Crippen molar-refractivity contribution in [3.8, 4) is 11.5 Å². The maximum atomic E-state index is 12.2. The smallest absolute Gasteiger partial charge is 0.222 e. The Morgan fingerprint density at radius 2 is 1.63 bits per heavy atom. The van der Waals surface area contributed by atoms with E-state index in [9.17, 15) is 9.59 Å². The number of hydrogen-bond acceptors (Lipinski definition) is 4. The first-order valence-corrected chi connectivity index (χ1v) is 8.85. The summed E-state index contributed by atoms with van der Waals surface area (Å²) in [4.78, 5) is 23.7. The highest BCUT2D eigenvalue weighted by Gasteiger charge is 2.16. The minimum absolute atomic E-state index is 0.146. The molecule has 0 saturated heterocycles. The Morgan fingerprint density at radius 3 is 2.22 bits per heavy atom. The number of aryl methyl sites for hydroxylation is 1. The Kier molecular flexibility index (Phi) is 7.67. The predicted molar refractivity (Wildman–Crippen MR) is 104 cm³/mol. The predicted octanol–water partition coefficient (Wildman–Crippen LogP) is 2.77. The van der Waals surface area contributed by atoms with Crippen LogP contribution in [0.1, 0.15) is 30.5 Å². The lowest BCUT2D eigenvalue weighted by Gasteiger charge is -2.18. The van der Waals surface area contributed by atoms with Gasteiger partial charge in [-0.15, -0.1) is 0 Å². The average molecular weight is 370 g/mol. The summed E-state index contributed by atoms with van der Waals surface area (Å²) >= 11 is 0. The van der Waals surface area contributed by atoms with Crippen molar-refractivity contribution in [2.24, 2.45) is 0 Å². The van der Waals surface area contributed by atoms with Crippen LogP contribution in [0.4, 0.5) is 0 Å². The second kappa shape index (κ2) is 10.2. The van der Waals surface area contributed by atoms with Crippen LogP contribution in [0, 0.1) is 6.92 Å². The Bertz CT molecular complexity index is 742. The summed E-state index contributed by atoms with van der Waals surface area (Å²) in [7, 11) is 1.61. The summed E-state index contributed by atoms with van der Waals surface area (Å²) < 4.78 is 10.7. The molecule has 144 valence electrons. The number of hydrogen-bond donors (Lipinski definition) is 2. The number of nitrogens with one attached hydrogen (secondary N) is 2. The number of carbonyl (C=O) groups is 2. The maximum Gasteiger partial charge on any atom is 0.222 e. The highest BCUT2D eigenvalue weighted by molar-refractivity contribution is 5.79. The Balaban J connectivity index is 1.80. The van der Waals surface area contributed by atoms with Crippen molar-refractivity contribution in [2.45, 2.75) is 26.3 Å². The summed E-state index contributed by atoms with van der Waals surface area (Å²) in [5.74, 6) is 1.15. The second-order valence-electron chi connectivity index (χ2n) is 6.24. The van der Waals surface area contributed by atoms with Crippen LogP contribution in [-0.4, -0.2) is 32.1 Å². The first kappa shape index (κ1) is 20.3. The van der Waals surface area contributed by atoms with Gasteiger partial charge in [-0.3, -0.25) is 9.59 Å². The molecule has 0 aliphatic rings. The van der Waals surface area contributed by atoms with E-state index in [0.717, 1.165) is 16.9 Å². The number of carbonyl (C=O) groups excluding carboxylic acids is 2. The van der Waals surface area contributed by atoms with Crippen molar-refractivity contribution in [1.29, 1.82) is 0 Å². The van der Waals surface area contributed by atoms with Crippen molar-refractivity contribution in [1.82, 2.24) is 10.6 Å². The van der Waals surface area contributed by atoms with Gasteiger partial charge in [0.05, 0.1) is 26.1 Å². The zero-order valence-corrected chi connectivity index (χ0v) is 16.0. The summed E-state index contributed by atoms with van der Waals surface area (Å²) in [6.07, 6.45) is 0.172. The van der Waals surface area contributed by atoms with Gasteiger partial charge in [-0.25, -0.2) is 0 Å². The number of rotatable bonds is 9. The number of benzene rings is 2. The van der Waals surface area contributed by atoms with E-state index in [1.54, 1.807) is 7.11 Å². The van der Waals surface area contributed by atoms with Crippen LogP contribution in [0.2, 0.25) is 0 Å². The van der Waals surface area contributed by atoms with Crippen molar-refractivity contribution < 1.29 is 19.1 Å². The third-order valence-corrected chi connectivity index (χ3v) is 4.00. The summed E-state index contributed by atoms with van der Waals surface area (Å²) in [6, 6.07) is 14.7. The zero-order valence-electron chi connectivity index (χ0n) is 16.0. The van der Waals surface area contributed by atoms with Gasteiger partial charge in [0.25, 0.3) is 0 Å². The standard InChI is InChI=1S/C21H26N2O4/c1-15-4-6-17(7-5-15)20(23-16(2)24)14-21(25)22-12-13-27-19-10-8-18(26-3)9-11-19/h4-11,20H,12-14H2,1-3H3,(H,22,25)(H,23,24).